The molecule has 0 saturated carbocycles. The van der Waals surface area contributed by atoms with Gasteiger partial charge < -0.3 is 29.3 Å². The molecule has 9 nitrogen and oxygen atoms in total. The molecular formula is C23H35N3O6. The molecule has 178 valence electrons. The van der Waals surface area contributed by atoms with Gasteiger partial charge in [-0.05, 0) is 19.1 Å². The highest BCUT2D eigenvalue weighted by Gasteiger charge is 2.29. The Balaban J connectivity index is 2.42. The third kappa shape index (κ3) is 6.43. The predicted molar refractivity (Wildman–Crippen MR) is 121 cm³/mol. The molecule has 1 aliphatic heterocycles. The molecule has 1 N–H and O–H groups in total. The summed E-state index contributed by atoms with van der Waals surface area (Å²) in [6.07, 6.45) is 0.152. The van der Waals surface area contributed by atoms with Gasteiger partial charge in [-0.3, -0.25) is 14.4 Å². The Morgan fingerprint density at radius 3 is 2.56 bits per heavy atom. The SMILES string of the molecule is CCC(=O)N1C[C@@H](C)[C@@H](OC)CN(C)C(=O)c2ccc(NC(=O)COC)cc2OC[C@@H]1C. The predicted octanol–water partition coefficient (Wildman–Crippen LogP) is 2.01. The Bertz CT molecular complexity index is 815. The summed E-state index contributed by atoms with van der Waals surface area (Å²) in [6, 6.07) is 4.69. The van der Waals surface area contributed by atoms with Gasteiger partial charge in [-0.2, -0.15) is 0 Å². The summed E-state index contributed by atoms with van der Waals surface area (Å²) in [7, 11) is 4.77. The number of fused-ring (bicyclic) bond motifs is 1. The fourth-order valence-corrected chi connectivity index (χ4v) is 3.73. The molecule has 0 spiro atoms. The van der Waals surface area contributed by atoms with Crippen molar-refractivity contribution >= 4 is 23.4 Å². The minimum absolute atomic E-state index is 0.0190. The highest BCUT2D eigenvalue weighted by Crippen LogP contribution is 2.27. The first-order valence-corrected chi connectivity index (χ1v) is 10.8. The van der Waals surface area contributed by atoms with E-state index in [1.165, 1.54) is 7.11 Å². The van der Waals surface area contributed by atoms with Gasteiger partial charge >= 0.3 is 0 Å². The van der Waals surface area contributed by atoms with Gasteiger partial charge in [0.05, 0.1) is 17.7 Å². The molecule has 0 saturated heterocycles. The second-order valence-corrected chi connectivity index (χ2v) is 8.19. The minimum atomic E-state index is -0.311. The number of hydrogen-bond donors (Lipinski definition) is 1. The molecule has 32 heavy (non-hydrogen) atoms. The normalized spacial score (nSPS) is 22.3. The Morgan fingerprint density at radius 2 is 1.94 bits per heavy atom. The smallest absolute Gasteiger partial charge is 0.257 e. The zero-order valence-electron chi connectivity index (χ0n) is 19.8. The number of rotatable bonds is 5. The first kappa shape index (κ1) is 25.6. The zero-order chi connectivity index (χ0) is 23.8. The van der Waals surface area contributed by atoms with Crippen molar-refractivity contribution < 1.29 is 28.6 Å². The fraction of sp³-hybridized carbons (Fsp3) is 0.609. The molecule has 0 bridgehead atoms. The lowest BCUT2D eigenvalue weighted by molar-refractivity contribution is -0.135. The molecule has 0 aromatic heterocycles. The number of methoxy groups -OCH3 is 2. The Morgan fingerprint density at radius 1 is 1.22 bits per heavy atom. The lowest BCUT2D eigenvalue weighted by atomic mass is 10.0. The second-order valence-electron chi connectivity index (χ2n) is 8.19. The van der Waals surface area contributed by atoms with Gasteiger partial charge in [-0.25, -0.2) is 0 Å². The van der Waals surface area contributed by atoms with Crippen LogP contribution in [-0.2, 0) is 19.1 Å². The van der Waals surface area contributed by atoms with Crippen LogP contribution in [0.15, 0.2) is 18.2 Å². The zero-order valence-corrected chi connectivity index (χ0v) is 19.8. The highest BCUT2D eigenvalue weighted by atomic mass is 16.5. The molecule has 0 fully saturated rings. The van der Waals surface area contributed by atoms with Gasteiger partial charge in [0.25, 0.3) is 5.91 Å². The van der Waals surface area contributed by atoms with Crippen molar-refractivity contribution in [1.29, 1.82) is 0 Å². The van der Waals surface area contributed by atoms with Crippen LogP contribution in [0.4, 0.5) is 5.69 Å². The van der Waals surface area contributed by atoms with Gasteiger partial charge in [0.2, 0.25) is 11.8 Å². The van der Waals surface area contributed by atoms with Crippen LogP contribution in [0.25, 0.3) is 0 Å². The van der Waals surface area contributed by atoms with Crippen molar-refractivity contribution in [3.63, 3.8) is 0 Å². The fourth-order valence-electron chi connectivity index (χ4n) is 3.73. The monoisotopic (exact) mass is 449 g/mol. The Kier molecular flexibility index (Phi) is 9.46. The van der Waals surface area contributed by atoms with Crippen LogP contribution in [0, 0.1) is 5.92 Å². The van der Waals surface area contributed by atoms with E-state index in [-0.39, 0.29) is 49.0 Å². The number of likely N-dealkylation sites (N-methyl/N-ethyl adjacent to an activating group) is 1. The van der Waals surface area contributed by atoms with Gasteiger partial charge in [0.15, 0.2) is 0 Å². The van der Waals surface area contributed by atoms with Crippen LogP contribution in [0.3, 0.4) is 0 Å². The number of amides is 3. The Hall–Kier alpha value is -2.65. The van der Waals surface area contributed by atoms with Crippen molar-refractivity contribution in [2.24, 2.45) is 5.92 Å². The first-order chi connectivity index (χ1) is 15.2. The summed E-state index contributed by atoms with van der Waals surface area (Å²) in [5.74, 6) is -0.126. The van der Waals surface area contributed by atoms with E-state index in [4.69, 9.17) is 14.2 Å². The molecule has 0 radical (unpaired) electrons. The average molecular weight is 450 g/mol. The number of carbonyl (C=O) groups excluding carboxylic acids is 3. The summed E-state index contributed by atoms with van der Waals surface area (Å²) >= 11 is 0. The molecule has 2 rings (SSSR count). The lowest BCUT2D eigenvalue weighted by Crippen LogP contribution is -2.48. The van der Waals surface area contributed by atoms with Crippen molar-refractivity contribution in [3.05, 3.63) is 23.8 Å². The van der Waals surface area contributed by atoms with Gasteiger partial charge in [-0.15, -0.1) is 0 Å². The maximum Gasteiger partial charge on any atom is 0.257 e. The molecule has 9 heteroatoms. The number of anilines is 1. The van der Waals surface area contributed by atoms with Crippen LogP contribution >= 0.6 is 0 Å². The van der Waals surface area contributed by atoms with Crippen molar-refractivity contribution in [2.75, 3.05) is 52.9 Å². The summed E-state index contributed by atoms with van der Waals surface area (Å²) in [6.45, 7) is 6.76. The molecule has 1 aromatic rings. The number of nitrogens with one attached hydrogen (secondary N) is 1. The van der Waals surface area contributed by atoms with Gasteiger partial charge in [0, 0.05) is 58.4 Å². The minimum Gasteiger partial charge on any atom is -0.491 e. The third-order valence-electron chi connectivity index (χ3n) is 5.63. The number of nitrogens with zero attached hydrogens (tertiary/aromatic N) is 2. The van der Waals surface area contributed by atoms with Crippen LogP contribution in [0.2, 0.25) is 0 Å². The molecular weight excluding hydrogens is 414 g/mol. The first-order valence-electron chi connectivity index (χ1n) is 10.8. The number of hydrogen-bond acceptors (Lipinski definition) is 6. The molecule has 3 amide bonds. The van der Waals surface area contributed by atoms with Crippen LogP contribution in [0.1, 0.15) is 37.6 Å². The molecule has 3 atom stereocenters. The van der Waals surface area contributed by atoms with E-state index in [0.717, 1.165) is 0 Å². The Labute approximate surface area is 190 Å². The summed E-state index contributed by atoms with van der Waals surface area (Å²) in [4.78, 5) is 41.1. The second kappa shape index (κ2) is 11.8. The van der Waals surface area contributed by atoms with Crippen LogP contribution in [-0.4, -0.2) is 87.2 Å². The third-order valence-corrected chi connectivity index (χ3v) is 5.63. The average Bonchev–Trinajstić information content (AvgIpc) is 2.77. The highest BCUT2D eigenvalue weighted by molar-refractivity contribution is 5.98. The quantitative estimate of drug-likeness (QED) is 0.739. The van der Waals surface area contributed by atoms with E-state index in [1.54, 1.807) is 37.3 Å². The molecule has 0 unspecified atom stereocenters. The number of benzene rings is 1. The lowest BCUT2D eigenvalue weighted by Gasteiger charge is -2.36. The van der Waals surface area contributed by atoms with Gasteiger partial charge in [-0.1, -0.05) is 13.8 Å². The number of carbonyl (C=O) groups is 3. The summed E-state index contributed by atoms with van der Waals surface area (Å²) in [5.41, 5.74) is 0.867. The van der Waals surface area contributed by atoms with E-state index < -0.39 is 0 Å². The number of ether oxygens (including phenoxy) is 3. The van der Waals surface area contributed by atoms with E-state index in [2.05, 4.69) is 5.32 Å². The van der Waals surface area contributed by atoms with E-state index in [0.29, 0.717) is 36.5 Å². The van der Waals surface area contributed by atoms with E-state index in [9.17, 15) is 14.4 Å². The molecule has 1 heterocycles. The van der Waals surface area contributed by atoms with E-state index in [1.807, 2.05) is 25.7 Å². The topological polar surface area (TPSA) is 97.4 Å². The van der Waals surface area contributed by atoms with Gasteiger partial charge in [0.1, 0.15) is 19.0 Å². The summed E-state index contributed by atoms with van der Waals surface area (Å²) in [5, 5.41) is 2.72. The standard InChI is InChI=1S/C23H35N3O6/c1-7-22(28)26-11-15(2)20(31-6)12-25(4)23(29)18-9-8-17(24-21(27)14-30-5)10-19(18)32-13-16(26)3/h8-10,15-16,20H,7,11-14H2,1-6H3,(H,24,27)/t15-,16+,20+/m1/s1. The largest absolute Gasteiger partial charge is 0.491 e. The molecule has 1 aliphatic rings. The summed E-state index contributed by atoms with van der Waals surface area (Å²) < 4.78 is 16.6. The van der Waals surface area contributed by atoms with Crippen LogP contribution in [0.5, 0.6) is 5.75 Å². The van der Waals surface area contributed by atoms with Crippen LogP contribution < -0.4 is 10.1 Å². The molecule has 1 aromatic carbocycles. The molecule has 0 aliphatic carbocycles. The van der Waals surface area contributed by atoms with Crippen molar-refractivity contribution in [1.82, 2.24) is 9.80 Å². The van der Waals surface area contributed by atoms with Crippen molar-refractivity contribution in [3.8, 4) is 5.75 Å². The maximum atomic E-state index is 13.2. The van der Waals surface area contributed by atoms with E-state index >= 15 is 0 Å². The van der Waals surface area contributed by atoms with Crippen molar-refractivity contribution in [2.45, 2.75) is 39.3 Å². The maximum absolute atomic E-state index is 13.2.